The number of hydrogen-bond donors (Lipinski definition) is 2. The van der Waals surface area contributed by atoms with Crippen LogP contribution in [0.2, 0.25) is 0 Å². The maximum absolute atomic E-state index is 13.1. The van der Waals surface area contributed by atoms with E-state index in [1.165, 1.54) is 38.3 Å². The quantitative estimate of drug-likeness (QED) is 0.792. The van der Waals surface area contributed by atoms with Gasteiger partial charge in [-0.2, -0.15) is 0 Å². The molecule has 2 rings (SSSR count). The van der Waals surface area contributed by atoms with Gasteiger partial charge in [0.25, 0.3) is 5.91 Å². The Hall–Kier alpha value is -3.09. The fourth-order valence-corrected chi connectivity index (χ4v) is 2.42. The van der Waals surface area contributed by atoms with Crippen molar-refractivity contribution < 1.29 is 28.6 Å². The predicted molar refractivity (Wildman–Crippen MR) is 93.0 cm³/mol. The van der Waals surface area contributed by atoms with Gasteiger partial charge in [-0.05, 0) is 49.7 Å². The molecule has 0 aliphatic rings. The largest absolute Gasteiger partial charge is 0.493 e. The number of carbonyl (C=O) groups is 2. The number of halogens is 1. The van der Waals surface area contributed by atoms with Crippen molar-refractivity contribution in [3.8, 4) is 11.5 Å². The topological polar surface area (TPSA) is 84.9 Å². The number of ether oxygens (including phenoxy) is 2. The van der Waals surface area contributed by atoms with E-state index >= 15 is 0 Å². The van der Waals surface area contributed by atoms with Gasteiger partial charge in [0.1, 0.15) is 5.82 Å². The maximum Gasteiger partial charge on any atom is 0.333 e. The minimum absolute atomic E-state index is 0.208. The van der Waals surface area contributed by atoms with Crippen LogP contribution in [0.1, 0.15) is 29.8 Å². The van der Waals surface area contributed by atoms with Crippen molar-refractivity contribution in [2.75, 3.05) is 13.7 Å². The van der Waals surface area contributed by atoms with Gasteiger partial charge in [-0.1, -0.05) is 12.1 Å². The van der Waals surface area contributed by atoms with Gasteiger partial charge in [-0.3, -0.25) is 4.79 Å². The van der Waals surface area contributed by atoms with Crippen LogP contribution in [0.15, 0.2) is 42.5 Å². The third-order valence-electron chi connectivity index (χ3n) is 3.94. The van der Waals surface area contributed by atoms with Crippen molar-refractivity contribution in [1.82, 2.24) is 5.32 Å². The van der Waals surface area contributed by atoms with Crippen LogP contribution in [0.3, 0.4) is 0 Å². The lowest BCUT2D eigenvalue weighted by atomic mass is 9.91. The first-order valence-corrected chi connectivity index (χ1v) is 7.94. The average molecular weight is 361 g/mol. The molecule has 0 aliphatic carbocycles. The number of carbonyl (C=O) groups excluding carboxylic acids is 1. The molecule has 0 fully saturated rings. The molecular formula is C19H20FNO5. The normalized spacial score (nSPS) is 12.8. The molecule has 138 valence electrons. The second kappa shape index (κ2) is 7.86. The van der Waals surface area contributed by atoms with Crippen LogP contribution in [0, 0.1) is 5.82 Å². The molecule has 0 spiro atoms. The molecule has 0 aliphatic heterocycles. The van der Waals surface area contributed by atoms with Gasteiger partial charge in [0.15, 0.2) is 17.0 Å². The molecule has 1 amide bonds. The van der Waals surface area contributed by atoms with Crippen LogP contribution in [0.5, 0.6) is 11.5 Å². The highest BCUT2D eigenvalue weighted by Crippen LogP contribution is 2.29. The Labute approximate surface area is 150 Å². The third-order valence-corrected chi connectivity index (χ3v) is 3.94. The molecule has 0 heterocycles. The van der Waals surface area contributed by atoms with E-state index in [2.05, 4.69) is 5.32 Å². The van der Waals surface area contributed by atoms with Crippen LogP contribution in [-0.4, -0.2) is 30.7 Å². The summed E-state index contributed by atoms with van der Waals surface area (Å²) in [5.74, 6) is -1.54. The average Bonchev–Trinajstić information content (AvgIpc) is 2.62. The standard InChI is InChI=1S/C19H20FNO5/c1-4-26-15-10-5-12(11-16(15)25-3)17(22)21-19(2,18(23)24)13-6-8-14(20)9-7-13/h5-11H,4H2,1-3H3,(H,21,22)(H,23,24). The maximum atomic E-state index is 13.1. The van der Waals surface area contributed by atoms with Gasteiger partial charge in [0.2, 0.25) is 0 Å². The lowest BCUT2D eigenvalue weighted by Gasteiger charge is -2.27. The Morgan fingerprint density at radius 1 is 1.15 bits per heavy atom. The fourth-order valence-electron chi connectivity index (χ4n) is 2.42. The van der Waals surface area contributed by atoms with E-state index in [1.807, 2.05) is 6.92 Å². The molecule has 0 aromatic heterocycles. The van der Waals surface area contributed by atoms with E-state index in [4.69, 9.17) is 9.47 Å². The van der Waals surface area contributed by atoms with Crippen molar-refractivity contribution in [2.24, 2.45) is 0 Å². The van der Waals surface area contributed by atoms with Crippen molar-refractivity contribution in [1.29, 1.82) is 0 Å². The van der Waals surface area contributed by atoms with Gasteiger partial charge >= 0.3 is 5.97 Å². The second-order valence-electron chi connectivity index (χ2n) is 5.69. The Kier molecular flexibility index (Phi) is 5.82. The molecular weight excluding hydrogens is 341 g/mol. The molecule has 2 aromatic rings. The van der Waals surface area contributed by atoms with Gasteiger partial charge in [-0.15, -0.1) is 0 Å². The van der Waals surface area contributed by atoms with Gasteiger partial charge in [0.05, 0.1) is 13.7 Å². The molecule has 0 radical (unpaired) electrons. The highest BCUT2D eigenvalue weighted by molar-refractivity contribution is 5.98. The predicted octanol–water partition coefficient (Wildman–Crippen LogP) is 2.96. The van der Waals surface area contributed by atoms with Crippen LogP contribution >= 0.6 is 0 Å². The number of carboxylic acid groups (broad SMARTS) is 1. The Bertz CT molecular complexity index is 806. The summed E-state index contributed by atoms with van der Waals surface area (Å²) >= 11 is 0. The van der Waals surface area contributed by atoms with Crippen molar-refractivity contribution in [2.45, 2.75) is 19.4 Å². The summed E-state index contributed by atoms with van der Waals surface area (Å²) in [5.41, 5.74) is -1.27. The summed E-state index contributed by atoms with van der Waals surface area (Å²) < 4.78 is 23.7. The number of aliphatic carboxylic acids is 1. The van der Waals surface area contributed by atoms with E-state index in [-0.39, 0.29) is 11.1 Å². The zero-order chi connectivity index (χ0) is 19.3. The second-order valence-corrected chi connectivity index (χ2v) is 5.69. The van der Waals surface area contributed by atoms with E-state index in [1.54, 1.807) is 6.07 Å². The summed E-state index contributed by atoms with van der Waals surface area (Å²) in [7, 11) is 1.44. The van der Waals surface area contributed by atoms with Gasteiger partial charge in [-0.25, -0.2) is 9.18 Å². The summed E-state index contributed by atoms with van der Waals surface area (Å²) in [6.07, 6.45) is 0. The first-order valence-electron chi connectivity index (χ1n) is 7.94. The third kappa shape index (κ3) is 3.93. The minimum Gasteiger partial charge on any atom is -0.493 e. The molecule has 7 heteroatoms. The van der Waals surface area contributed by atoms with Crippen molar-refractivity contribution in [3.63, 3.8) is 0 Å². The summed E-state index contributed by atoms with van der Waals surface area (Å²) in [4.78, 5) is 24.4. The Morgan fingerprint density at radius 2 is 1.81 bits per heavy atom. The van der Waals surface area contributed by atoms with Gasteiger partial charge < -0.3 is 19.9 Å². The number of methoxy groups -OCH3 is 1. The van der Waals surface area contributed by atoms with E-state index in [0.29, 0.717) is 18.1 Å². The molecule has 0 saturated carbocycles. The zero-order valence-corrected chi connectivity index (χ0v) is 14.7. The lowest BCUT2D eigenvalue weighted by molar-refractivity contribution is -0.144. The van der Waals surface area contributed by atoms with Crippen LogP contribution in [0.25, 0.3) is 0 Å². The van der Waals surface area contributed by atoms with Crippen LogP contribution in [0.4, 0.5) is 4.39 Å². The Morgan fingerprint density at radius 3 is 2.35 bits per heavy atom. The molecule has 6 nitrogen and oxygen atoms in total. The monoisotopic (exact) mass is 361 g/mol. The zero-order valence-electron chi connectivity index (χ0n) is 14.7. The summed E-state index contributed by atoms with van der Waals surface area (Å²) in [6, 6.07) is 9.48. The molecule has 1 atom stereocenters. The molecule has 1 unspecified atom stereocenters. The van der Waals surface area contributed by atoms with Crippen molar-refractivity contribution >= 4 is 11.9 Å². The molecule has 2 N–H and O–H groups in total. The molecule has 0 bridgehead atoms. The fraction of sp³-hybridized carbons (Fsp3) is 0.263. The van der Waals surface area contributed by atoms with E-state index in [0.717, 1.165) is 12.1 Å². The summed E-state index contributed by atoms with van der Waals surface area (Å²) in [5, 5.41) is 12.1. The number of amides is 1. The summed E-state index contributed by atoms with van der Waals surface area (Å²) in [6.45, 7) is 3.59. The number of hydrogen-bond acceptors (Lipinski definition) is 4. The van der Waals surface area contributed by atoms with Crippen LogP contribution in [-0.2, 0) is 10.3 Å². The Balaban J connectivity index is 2.33. The number of carboxylic acids is 1. The highest BCUT2D eigenvalue weighted by Gasteiger charge is 2.37. The number of nitrogens with one attached hydrogen (secondary N) is 1. The lowest BCUT2D eigenvalue weighted by Crippen LogP contribution is -2.49. The molecule has 26 heavy (non-hydrogen) atoms. The number of benzene rings is 2. The first kappa shape index (κ1) is 19.2. The SMILES string of the molecule is CCOc1ccc(C(=O)NC(C)(C(=O)O)c2ccc(F)cc2)cc1OC. The highest BCUT2D eigenvalue weighted by atomic mass is 19.1. The van der Waals surface area contributed by atoms with Gasteiger partial charge in [0, 0.05) is 5.56 Å². The smallest absolute Gasteiger partial charge is 0.333 e. The van der Waals surface area contributed by atoms with E-state index < -0.39 is 23.2 Å². The van der Waals surface area contributed by atoms with Crippen molar-refractivity contribution in [3.05, 3.63) is 59.4 Å². The molecule has 2 aromatic carbocycles. The molecule has 0 saturated heterocycles. The number of rotatable bonds is 7. The minimum atomic E-state index is -1.73. The van der Waals surface area contributed by atoms with E-state index in [9.17, 15) is 19.1 Å². The van der Waals surface area contributed by atoms with Crippen LogP contribution < -0.4 is 14.8 Å². The first-order chi connectivity index (χ1) is 12.3.